The molecule has 1 aliphatic heterocycles. The molecule has 0 saturated carbocycles. The molecular weight excluding hydrogens is 314 g/mol. The lowest BCUT2D eigenvalue weighted by Crippen LogP contribution is -2.39. The lowest BCUT2D eigenvalue weighted by atomic mass is 9.90. The van der Waals surface area contributed by atoms with Crippen LogP contribution in [0.15, 0.2) is 40.2 Å². The van der Waals surface area contributed by atoms with Gasteiger partial charge in [-0.05, 0) is 30.7 Å². The fraction of sp³-hybridized carbons (Fsp3) is 0.438. The molecule has 2 aromatic rings. The lowest BCUT2D eigenvalue weighted by molar-refractivity contribution is -0.129. The molecule has 0 unspecified atom stereocenters. The van der Waals surface area contributed by atoms with Crippen molar-refractivity contribution < 1.29 is 4.79 Å². The molecule has 0 atom stereocenters. The van der Waals surface area contributed by atoms with Gasteiger partial charge in [0.25, 0.3) is 0 Å². The zero-order valence-corrected chi connectivity index (χ0v) is 14.0. The first-order chi connectivity index (χ1) is 10.8. The molecule has 6 heteroatoms. The van der Waals surface area contributed by atoms with E-state index in [4.69, 9.17) is 0 Å². The number of likely N-dealkylation sites (tertiary alicyclic amines) is 1. The molecule has 1 amide bonds. The van der Waals surface area contributed by atoms with Crippen LogP contribution < -0.4 is 0 Å². The second-order valence-electron chi connectivity index (χ2n) is 5.51. The van der Waals surface area contributed by atoms with Gasteiger partial charge in [0.1, 0.15) is 5.51 Å². The number of amides is 1. The average molecular weight is 333 g/mol. The summed E-state index contributed by atoms with van der Waals surface area (Å²) in [4.78, 5) is 14.2. The fourth-order valence-corrected chi connectivity index (χ4v) is 4.17. The summed E-state index contributed by atoms with van der Waals surface area (Å²) < 4.78 is 0.868. The molecule has 0 aliphatic carbocycles. The summed E-state index contributed by atoms with van der Waals surface area (Å²) in [7, 11) is 0. The molecule has 0 spiro atoms. The van der Waals surface area contributed by atoms with Crippen LogP contribution in [0.2, 0.25) is 0 Å². The summed E-state index contributed by atoms with van der Waals surface area (Å²) in [6.07, 6.45) is 3.33. The maximum absolute atomic E-state index is 12.2. The van der Waals surface area contributed by atoms with Crippen molar-refractivity contribution >= 4 is 29.0 Å². The molecule has 2 heterocycles. The monoisotopic (exact) mass is 333 g/mol. The minimum absolute atomic E-state index is 0.221. The summed E-state index contributed by atoms with van der Waals surface area (Å²) in [6, 6.07) is 10.6. The van der Waals surface area contributed by atoms with Gasteiger partial charge in [0.05, 0.1) is 5.75 Å². The first-order valence-corrected chi connectivity index (χ1v) is 9.38. The zero-order valence-electron chi connectivity index (χ0n) is 12.4. The largest absolute Gasteiger partial charge is 0.342 e. The van der Waals surface area contributed by atoms with Crippen molar-refractivity contribution in [1.82, 2.24) is 15.1 Å². The van der Waals surface area contributed by atoms with E-state index in [-0.39, 0.29) is 5.91 Å². The van der Waals surface area contributed by atoms with Crippen molar-refractivity contribution in [3.63, 3.8) is 0 Å². The van der Waals surface area contributed by atoms with E-state index in [1.54, 1.807) is 5.51 Å². The van der Waals surface area contributed by atoms with Crippen LogP contribution in [-0.2, 0) is 11.2 Å². The average Bonchev–Trinajstić information content (AvgIpc) is 3.08. The molecule has 1 aromatic heterocycles. The summed E-state index contributed by atoms with van der Waals surface area (Å²) in [6.45, 7) is 1.76. The molecule has 0 radical (unpaired) electrons. The number of carbonyl (C=O) groups is 1. The van der Waals surface area contributed by atoms with Gasteiger partial charge < -0.3 is 4.90 Å². The molecule has 3 rings (SSSR count). The van der Waals surface area contributed by atoms with Crippen molar-refractivity contribution in [3.05, 3.63) is 41.4 Å². The quantitative estimate of drug-likeness (QED) is 0.789. The van der Waals surface area contributed by atoms with Crippen molar-refractivity contribution in [2.45, 2.75) is 23.6 Å². The van der Waals surface area contributed by atoms with Gasteiger partial charge >= 0.3 is 0 Å². The van der Waals surface area contributed by atoms with E-state index in [1.165, 1.54) is 28.7 Å². The van der Waals surface area contributed by atoms with Crippen LogP contribution in [0, 0.1) is 5.92 Å². The molecule has 22 heavy (non-hydrogen) atoms. The fourth-order valence-electron chi connectivity index (χ4n) is 2.77. The van der Waals surface area contributed by atoms with E-state index in [0.29, 0.717) is 11.7 Å². The van der Waals surface area contributed by atoms with Crippen LogP contribution in [0.5, 0.6) is 0 Å². The molecule has 1 fully saturated rings. The first-order valence-electron chi connectivity index (χ1n) is 7.52. The van der Waals surface area contributed by atoms with E-state index >= 15 is 0 Å². The Hall–Kier alpha value is -1.40. The van der Waals surface area contributed by atoms with Crippen molar-refractivity contribution in [3.8, 4) is 0 Å². The third-order valence-corrected chi connectivity index (χ3v) is 5.84. The highest BCUT2D eigenvalue weighted by molar-refractivity contribution is 8.01. The van der Waals surface area contributed by atoms with Crippen LogP contribution in [0.4, 0.5) is 0 Å². The molecular formula is C16H19N3OS2. The number of benzene rings is 1. The maximum atomic E-state index is 12.2. The van der Waals surface area contributed by atoms with Gasteiger partial charge in [0, 0.05) is 13.1 Å². The maximum Gasteiger partial charge on any atom is 0.233 e. The first kappa shape index (κ1) is 15.5. The number of hydrogen-bond donors (Lipinski definition) is 0. The molecule has 0 N–H and O–H groups in total. The molecule has 0 bridgehead atoms. The van der Waals surface area contributed by atoms with Crippen LogP contribution in [0.25, 0.3) is 0 Å². The van der Waals surface area contributed by atoms with Gasteiger partial charge in [0.15, 0.2) is 4.34 Å². The topological polar surface area (TPSA) is 46.1 Å². The molecule has 1 aromatic carbocycles. The van der Waals surface area contributed by atoms with Crippen molar-refractivity contribution in [2.75, 3.05) is 18.8 Å². The predicted molar refractivity (Wildman–Crippen MR) is 90.1 cm³/mol. The van der Waals surface area contributed by atoms with Crippen LogP contribution in [-0.4, -0.2) is 39.8 Å². The predicted octanol–water partition coefficient (Wildman–Crippen LogP) is 3.11. The van der Waals surface area contributed by atoms with Gasteiger partial charge in [-0.2, -0.15) is 0 Å². The number of hydrogen-bond acceptors (Lipinski definition) is 5. The van der Waals surface area contributed by atoms with Gasteiger partial charge in [-0.15, -0.1) is 10.2 Å². The van der Waals surface area contributed by atoms with E-state index < -0.39 is 0 Å². The number of nitrogens with zero attached hydrogens (tertiary/aromatic N) is 3. The van der Waals surface area contributed by atoms with Crippen LogP contribution >= 0.6 is 23.1 Å². The third kappa shape index (κ3) is 4.30. The number of piperidine rings is 1. The van der Waals surface area contributed by atoms with Gasteiger partial charge in [-0.25, -0.2) is 0 Å². The molecule has 1 aliphatic rings. The summed E-state index contributed by atoms with van der Waals surface area (Å²) in [5, 5.41) is 7.74. The summed E-state index contributed by atoms with van der Waals surface area (Å²) in [5.41, 5.74) is 3.10. The minimum atomic E-state index is 0.221. The third-order valence-electron chi connectivity index (χ3n) is 3.99. The highest BCUT2D eigenvalue weighted by Gasteiger charge is 2.23. The van der Waals surface area contributed by atoms with E-state index in [0.717, 1.165) is 36.7 Å². The number of rotatable bonds is 5. The molecule has 1 saturated heterocycles. The zero-order chi connectivity index (χ0) is 15.2. The number of thioether (sulfide) groups is 1. The Kier molecular flexibility index (Phi) is 5.45. The Morgan fingerprint density at radius 2 is 2.05 bits per heavy atom. The smallest absolute Gasteiger partial charge is 0.233 e. The second-order valence-corrected chi connectivity index (χ2v) is 7.56. The van der Waals surface area contributed by atoms with Crippen LogP contribution in [0.3, 0.4) is 0 Å². The van der Waals surface area contributed by atoms with Crippen molar-refractivity contribution in [2.24, 2.45) is 5.92 Å². The van der Waals surface area contributed by atoms with E-state index in [1.807, 2.05) is 4.90 Å². The Balaban J connectivity index is 1.42. The molecule has 4 nitrogen and oxygen atoms in total. The summed E-state index contributed by atoms with van der Waals surface area (Å²) in [5.74, 6) is 1.39. The Bertz CT molecular complexity index is 581. The number of aromatic nitrogens is 2. The van der Waals surface area contributed by atoms with E-state index in [2.05, 4.69) is 40.5 Å². The summed E-state index contributed by atoms with van der Waals surface area (Å²) >= 11 is 2.97. The van der Waals surface area contributed by atoms with Gasteiger partial charge in [-0.1, -0.05) is 53.4 Å². The van der Waals surface area contributed by atoms with E-state index in [9.17, 15) is 4.79 Å². The van der Waals surface area contributed by atoms with Crippen molar-refractivity contribution in [1.29, 1.82) is 0 Å². The lowest BCUT2D eigenvalue weighted by Gasteiger charge is -2.32. The van der Waals surface area contributed by atoms with Crippen LogP contribution in [0.1, 0.15) is 18.4 Å². The Morgan fingerprint density at radius 1 is 1.27 bits per heavy atom. The number of carbonyl (C=O) groups excluding carboxylic acids is 1. The molecule has 116 valence electrons. The van der Waals surface area contributed by atoms with Gasteiger partial charge in [0.2, 0.25) is 5.91 Å². The highest BCUT2D eigenvalue weighted by Crippen LogP contribution is 2.24. The normalized spacial score (nSPS) is 15.9. The second kappa shape index (κ2) is 7.74. The Morgan fingerprint density at radius 3 is 2.73 bits per heavy atom. The Labute approximate surface area is 138 Å². The minimum Gasteiger partial charge on any atom is -0.342 e. The SMILES string of the molecule is O=C(CSc1nncs1)N1CCC(Cc2ccccc2)CC1. The van der Waals surface area contributed by atoms with Gasteiger partial charge in [-0.3, -0.25) is 4.79 Å². The standard InChI is InChI=1S/C16H19N3OS2/c20-15(11-21-16-18-17-12-22-16)19-8-6-14(7-9-19)10-13-4-2-1-3-5-13/h1-5,12,14H,6-11H2. The highest BCUT2D eigenvalue weighted by atomic mass is 32.2.